The van der Waals surface area contributed by atoms with E-state index in [2.05, 4.69) is 0 Å². The molecule has 0 radical (unpaired) electrons. The van der Waals surface area contributed by atoms with Gasteiger partial charge in [0.1, 0.15) is 11.3 Å². The fourth-order valence-corrected chi connectivity index (χ4v) is 3.19. The van der Waals surface area contributed by atoms with E-state index in [4.69, 9.17) is 4.74 Å². The highest BCUT2D eigenvalue weighted by molar-refractivity contribution is 6.52. The molecule has 122 valence electrons. The SMILES string of the molecule is O=C1OC2(C(=O)c3ccccc3C2=O)C(=C(O)c2ccccc2)C1=O. The Morgan fingerprint density at radius 3 is 1.88 bits per heavy atom. The molecule has 1 fully saturated rings. The molecule has 1 N–H and O–H groups in total. The second-order valence-electron chi connectivity index (χ2n) is 5.69. The van der Waals surface area contributed by atoms with E-state index < -0.39 is 40.3 Å². The molecule has 6 heteroatoms. The highest BCUT2D eigenvalue weighted by Crippen LogP contribution is 2.44. The fraction of sp³-hybridized carbons (Fsp3) is 0.0526. The minimum Gasteiger partial charge on any atom is -0.507 e. The fourth-order valence-electron chi connectivity index (χ4n) is 3.19. The first-order valence-corrected chi connectivity index (χ1v) is 7.44. The van der Waals surface area contributed by atoms with Gasteiger partial charge in [-0.05, 0) is 0 Å². The molecule has 25 heavy (non-hydrogen) atoms. The monoisotopic (exact) mass is 334 g/mol. The summed E-state index contributed by atoms with van der Waals surface area (Å²) in [6.07, 6.45) is 0. The molecule has 1 aliphatic heterocycles. The van der Waals surface area contributed by atoms with Crippen LogP contribution in [-0.4, -0.2) is 34.0 Å². The number of fused-ring (bicyclic) bond motifs is 1. The van der Waals surface area contributed by atoms with Crippen LogP contribution < -0.4 is 0 Å². The van der Waals surface area contributed by atoms with E-state index in [1.54, 1.807) is 30.3 Å². The Morgan fingerprint density at radius 1 is 0.800 bits per heavy atom. The van der Waals surface area contributed by atoms with Crippen molar-refractivity contribution in [2.75, 3.05) is 0 Å². The number of Topliss-reactive ketones (excluding diaryl/α,β-unsaturated/α-hetero) is 3. The average molecular weight is 334 g/mol. The second-order valence-corrected chi connectivity index (χ2v) is 5.69. The lowest BCUT2D eigenvalue weighted by Gasteiger charge is -2.19. The van der Waals surface area contributed by atoms with Crippen molar-refractivity contribution < 1.29 is 29.0 Å². The molecule has 4 rings (SSSR count). The Labute approximate surface area is 141 Å². The van der Waals surface area contributed by atoms with Crippen LogP contribution in [0.1, 0.15) is 26.3 Å². The Bertz CT molecular complexity index is 965. The smallest absolute Gasteiger partial charge is 0.381 e. The first-order valence-electron chi connectivity index (χ1n) is 7.44. The lowest BCUT2D eigenvalue weighted by molar-refractivity contribution is -0.149. The summed E-state index contributed by atoms with van der Waals surface area (Å²) in [6, 6.07) is 13.8. The number of carbonyl (C=O) groups excluding carboxylic acids is 4. The molecule has 2 aromatic carbocycles. The standard InChI is InChI=1S/C19H10O6/c20-14(10-6-2-1-3-7-10)13-15(21)18(24)25-19(13)16(22)11-8-4-5-9-12(11)17(19)23/h1-9,20H. The zero-order chi connectivity index (χ0) is 17.8. The molecule has 0 unspecified atom stereocenters. The molecular weight excluding hydrogens is 324 g/mol. The molecule has 0 bridgehead atoms. The molecule has 0 atom stereocenters. The number of carbonyl (C=O) groups is 4. The number of rotatable bonds is 1. The van der Waals surface area contributed by atoms with Crippen molar-refractivity contribution in [2.45, 2.75) is 5.60 Å². The molecule has 2 aromatic rings. The summed E-state index contributed by atoms with van der Waals surface area (Å²) in [7, 11) is 0. The van der Waals surface area contributed by atoms with Gasteiger partial charge in [-0.2, -0.15) is 0 Å². The number of esters is 1. The van der Waals surface area contributed by atoms with E-state index in [1.165, 1.54) is 24.3 Å². The van der Waals surface area contributed by atoms with Crippen molar-refractivity contribution >= 4 is 29.1 Å². The number of hydrogen-bond donors (Lipinski definition) is 1. The number of aliphatic hydroxyl groups is 1. The normalized spacial score (nSPS) is 20.0. The van der Waals surface area contributed by atoms with E-state index in [1.807, 2.05) is 0 Å². The van der Waals surface area contributed by atoms with Gasteiger partial charge in [-0.15, -0.1) is 0 Å². The van der Waals surface area contributed by atoms with Gasteiger partial charge in [0, 0.05) is 16.7 Å². The molecule has 0 aromatic heterocycles. The quantitative estimate of drug-likeness (QED) is 0.281. The number of hydrogen-bond acceptors (Lipinski definition) is 6. The van der Waals surface area contributed by atoms with Gasteiger partial charge in [-0.25, -0.2) is 4.79 Å². The van der Waals surface area contributed by atoms with Crippen LogP contribution in [0, 0.1) is 0 Å². The lowest BCUT2D eigenvalue weighted by Crippen LogP contribution is -2.43. The van der Waals surface area contributed by atoms with E-state index in [9.17, 15) is 24.3 Å². The first-order chi connectivity index (χ1) is 12.0. The van der Waals surface area contributed by atoms with Crippen LogP contribution in [-0.2, 0) is 14.3 Å². The zero-order valence-electron chi connectivity index (χ0n) is 12.7. The number of ketones is 3. The van der Waals surface area contributed by atoms with Crippen molar-refractivity contribution in [3.8, 4) is 0 Å². The third-order valence-corrected chi connectivity index (χ3v) is 4.35. The molecule has 1 spiro atoms. The molecule has 1 aliphatic carbocycles. The van der Waals surface area contributed by atoms with Crippen LogP contribution >= 0.6 is 0 Å². The van der Waals surface area contributed by atoms with Crippen molar-refractivity contribution in [3.05, 3.63) is 76.9 Å². The van der Waals surface area contributed by atoms with E-state index in [0.717, 1.165) is 0 Å². The predicted octanol–water partition coefficient (Wildman–Crippen LogP) is 1.90. The second kappa shape index (κ2) is 4.98. The Morgan fingerprint density at radius 2 is 1.32 bits per heavy atom. The third kappa shape index (κ3) is 1.79. The summed E-state index contributed by atoms with van der Waals surface area (Å²) < 4.78 is 4.98. The summed E-state index contributed by atoms with van der Waals surface area (Å²) in [5, 5.41) is 10.6. The lowest BCUT2D eigenvalue weighted by atomic mass is 9.85. The number of aliphatic hydroxyl groups excluding tert-OH is 1. The summed E-state index contributed by atoms with van der Waals surface area (Å²) in [5.41, 5.74) is -2.78. The highest BCUT2D eigenvalue weighted by Gasteiger charge is 2.67. The van der Waals surface area contributed by atoms with Gasteiger partial charge in [-0.3, -0.25) is 14.4 Å². The van der Waals surface area contributed by atoms with Crippen LogP contribution in [0.15, 0.2) is 60.2 Å². The largest absolute Gasteiger partial charge is 0.507 e. The Kier molecular flexibility index (Phi) is 2.99. The van der Waals surface area contributed by atoms with E-state index in [0.29, 0.717) is 0 Å². The maximum absolute atomic E-state index is 12.9. The van der Waals surface area contributed by atoms with E-state index in [-0.39, 0.29) is 16.7 Å². The topological polar surface area (TPSA) is 97.7 Å². The molecule has 2 aliphatic rings. The van der Waals surface area contributed by atoms with Crippen molar-refractivity contribution in [2.24, 2.45) is 0 Å². The van der Waals surface area contributed by atoms with Gasteiger partial charge in [0.15, 0.2) is 0 Å². The zero-order valence-corrected chi connectivity index (χ0v) is 12.7. The Hall–Kier alpha value is -3.54. The summed E-state index contributed by atoms with van der Waals surface area (Å²) in [4.78, 5) is 50.0. The molecule has 1 saturated heterocycles. The summed E-state index contributed by atoms with van der Waals surface area (Å²) in [5.74, 6) is -4.82. The maximum atomic E-state index is 12.9. The van der Waals surface area contributed by atoms with Crippen molar-refractivity contribution in [1.29, 1.82) is 0 Å². The summed E-state index contributed by atoms with van der Waals surface area (Å²) in [6.45, 7) is 0. The molecule has 0 saturated carbocycles. The van der Waals surface area contributed by atoms with Crippen molar-refractivity contribution in [1.82, 2.24) is 0 Å². The van der Waals surface area contributed by atoms with Crippen molar-refractivity contribution in [3.63, 3.8) is 0 Å². The molecular formula is C19H10O6. The third-order valence-electron chi connectivity index (χ3n) is 4.35. The van der Waals surface area contributed by atoms with Gasteiger partial charge in [0.05, 0.1) is 0 Å². The predicted molar refractivity (Wildman–Crippen MR) is 84.9 cm³/mol. The average Bonchev–Trinajstić information content (AvgIpc) is 3.03. The molecule has 0 amide bonds. The maximum Gasteiger partial charge on any atom is 0.381 e. The molecule has 6 nitrogen and oxygen atoms in total. The van der Waals surface area contributed by atoms with Crippen LogP contribution in [0.3, 0.4) is 0 Å². The van der Waals surface area contributed by atoms with Gasteiger partial charge >= 0.3 is 5.97 Å². The van der Waals surface area contributed by atoms with Gasteiger partial charge in [0.25, 0.3) is 11.4 Å². The first kappa shape index (κ1) is 15.0. The minimum atomic E-state index is -2.45. The number of ether oxygens (including phenoxy) is 1. The molecule has 1 heterocycles. The van der Waals surface area contributed by atoms with Crippen LogP contribution in [0.5, 0.6) is 0 Å². The number of benzene rings is 2. The van der Waals surface area contributed by atoms with Gasteiger partial charge in [0.2, 0.25) is 11.6 Å². The Balaban J connectivity index is 2.02. The summed E-state index contributed by atoms with van der Waals surface area (Å²) >= 11 is 0. The van der Waals surface area contributed by atoms with Gasteiger partial charge in [-0.1, -0.05) is 54.6 Å². The van der Waals surface area contributed by atoms with Gasteiger partial charge < -0.3 is 9.84 Å². The van der Waals surface area contributed by atoms with Crippen LogP contribution in [0.2, 0.25) is 0 Å². The van der Waals surface area contributed by atoms with Crippen LogP contribution in [0.4, 0.5) is 0 Å². The van der Waals surface area contributed by atoms with E-state index >= 15 is 0 Å². The van der Waals surface area contributed by atoms with Crippen LogP contribution in [0.25, 0.3) is 5.76 Å². The highest BCUT2D eigenvalue weighted by atomic mass is 16.6. The minimum absolute atomic E-state index is 0.0494.